The highest BCUT2D eigenvalue weighted by Crippen LogP contribution is 2.26. The maximum Gasteiger partial charge on any atom is 0.243 e. The lowest BCUT2D eigenvalue weighted by atomic mass is 10.1. The first-order valence-corrected chi connectivity index (χ1v) is 11.3. The van der Waals surface area contributed by atoms with Crippen molar-refractivity contribution in [2.75, 3.05) is 10.6 Å². The van der Waals surface area contributed by atoms with Crippen molar-refractivity contribution in [3.8, 4) is 0 Å². The van der Waals surface area contributed by atoms with Gasteiger partial charge in [-0.3, -0.25) is 9.10 Å². The molecule has 1 amide bonds. The highest BCUT2D eigenvalue weighted by atomic mass is 32.2. The Morgan fingerprint density at radius 2 is 1.69 bits per heavy atom. The number of hydrogen-bond acceptors (Lipinski definition) is 3. The molecule has 1 atom stereocenters. The van der Waals surface area contributed by atoms with E-state index < -0.39 is 16.1 Å². The van der Waals surface area contributed by atoms with Crippen molar-refractivity contribution in [1.29, 1.82) is 0 Å². The Morgan fingerprint density at radius 1 is 1.00 bits per heavy atom. The van der Waals surface area contributed by atoms with E-state index in [1.54, 1.807) is 13.0 Å². The third-order valence-electron chi connectivity index (χ3n) is 4.97. The SMILES string of the molecule is Cc1ccc(C)c(N(C(C)C(=O)NCc2ccc3ccccc3c2)S(C)(=O)=O)c1. The molecule has 0 aliphatic rings. The van der Waals surface area contributed by atoms with Crippen LogP contribution in [0, 0.1) is 13.8 Å². The minimum atomic E-state index is -3.64. The number of rotatable bonds is 6. The van der Waals surface area contributed by atoms with Crippen molar-refractivity contribution in [3.05, 3.63) is 77.4 Å². The molecular formula is C23H26N2O3S. The smallest absolute Gasteiger partial charge is 0.243 e. The number of fused-ring (bicyclic) bond motifs is 1. The van der Waals surface area contributed by atoms with Gasteiger partial charge in [-0.1, -0.05) is 48.5 Å². The van der Waals surface area contributed by atoms with Crippen molar-refractivity contribution in [3.63, 3.8) is 0 Å². The molecule has 3 aromatic rings. The Morgan fingerprint density at radius 3 is 2.38 bits per heavy atom. The van der Waals surface area contributed by atoms with Crippen LogP contribution in [0.1, 0.15) is 23.6 Å². The van der Waals surface area contributed by atoms with E-state index in [2.05, 4.69) is 5.32 Å². The molecule has 0 bridgehead atoms. The third kappa shape index (κ3) is 4.77. The van der Waals surface area contributed by atoms with Crippen LogP contribution in [-0.4, -0.2) is 26.6 Å². The lowest BCUT2D eigenvalue weighted by Crippen LogP contribution is -2.48. The Hall–Kier alpha value is -2.86. The number of nitrogens with one attached hydrogen (secondary N) is 1. The van der Waals surface area contributed by atoms with E-state index >= 15 is 0 Å². The molecule has 0 aliphatic carbocycles. The molecule has 0 aromatic heterocycles. The molecule has 0 spiro atoms. The Balaban J connectivity index is 1.81. The Kier molecular flexibility index (Phi) is 5.94. The molecule has 152 valence electrons. The van der Waals surface area contributed by atoms with Crippen LogP contribution in [-0.2, 0) is 21.4 Å². The zero-order valence-corrected chi connectivity index (χ0v) is 18.0. The predicted molar refractivity (Wildman–Crippen MR) is 118 cm³/mol. The van der Waals surface area contributed by atoms with Gasteiger partial charge in [0.1, 0.15) is 6.04 Å². The molecule has 1 N–H and O–H groups in total. The summed E-state index contributed by atoms with van der Waals surface area (Å²) in [6.07, 6.45) is 1.13. The number of nitrogens with zero attached hydrogens (tertiary/aromatic N) is 1. The quantitative estimate of drug-likeness (QED) is 0.670. The molecule has 29 heavy (non-hydrogen) atoms. The number of aryl methyl sites for hydroxylation is 2. The van der Waals surface area contributed by atoms with E-state index in [9.17, 15) is 13.2 Å². The molecule has 3 rings (SSSR count). The molecule has 5 nitrogen and oxygen atoms in total. The van der Waals surface area contributed by atoms with Crippen LogP contribution in [0.5, 0.6) is 0 Å². The maximum atomic E-state index is 12.8. The number of anilines is 1. The van der Waals surface area contributed by atoms with Gasteiger partial charge < -0.3 is 5.32 Å². The van der Waals surface area contributed by atoms with Crippen LogP contribution in [0.3, 0.4) is 0 Å². The number of carbonyl (C=O) groups is 1. The molecule has 0 heterocycles. The zero-order chi connectivity index (χ0) is 21.2. The first-order valence-electron chi connectivity index (χ1n) is 9.49. The Labute approximate surface area is 172 Å². The van der Waals surface area contributed by atoms with Gasteiger partial charge in [-0.05, 0) is 60.4 Å². The van der Waals surface area contributed by atoms with Gasteiger partial charge in [0.05, 0.1) is 11.9 Å². The van der Waals surface area contributed by atoms with Crippen molar-refractivity contribution in [2.24, 2.45) is 0 Å². The highest BCUT2D eigenvalue weighted by molar-refractivity contribution is 7.92. The van der Waals surface area contributed by atoms with Gasteiger partial charge in [0.2, 0.25) is 15.9 Å². The average Bonchev–Trinajstić information content (AvgIpc) is 2.67. The van der Waals surface area contributed by atoms with Gasteiger partial charge in [0.25, 0.3) is 0 Å². The number of benzene rings is 3. The fourth-order valence-corrected chi connectivity index (χ4v) is 4.65. The normalized spacial score (nSPS) is 12.6. The van der Waals surface area contributed by atoms with E-state index in [0.717, 1.165) is 33.7 Å². The molecule has 1 unspecified atom stereocenters. The third-order valence-corrected chi connectivity index (χ3v) is 6.20. The molecule has 3 aromatic carbocycles. The van der Waals surface area contributed by atoms with Crippen molar-refractivity contribution >= 4 is 32.4 Å². The standard InChI is InChI=1S/C23H26N2O3S/c1-16-9-10-17(2)22(13-16)25(29(4,27)28)18(3)23(26)24-15-19-11-12-20-7-5-6-8-21(20)14-19/h5-14,18H,15H2,1-4H3,(H,24,26). The van der Waals surface area contributed by atoms with Crippen LogP contribution in [0.25, 0.3) is 10.8 Å². The molecule has 0 aliphatic heterocycles. The second kappa shape index (κ2) is 8.25. The summed E-state index contributed by atoms with van der Waals surface area (Å²) in [6.45, 7) is 5.68. The number of hydrogen-bond donors (Lipinski definition) is 1. The lowest BCUT2D eigenvalue weighted by Gasteiger charge is -2.29. The summed E-state index contributed by atoms with van der Waals surface area (Å²) >= 11 is 0. The van der Waals surface area contributed by atoms with Gasteiger partial charge in [-0.15, -0.1) is 0 Å². The predicted octanol–water partition coefficient (Wildman–Crippen LogP) is 3.93. The molecular weight excluding hydrogens is 384 g/mol. The molecule has 0 saturated carbocycles. The minimum Gasteiger partial charge on any atom is -0.350 e. The minimum absolute atomic E-state index is 0.332. The summed E-state index contributed by atoms with van der Waals surface area (Å²) in [4.78, 5) is 12.8. The van der Waals surface area contributed by atoms with E-state index in [1.165, 1.54) is 4.31 Å². The van der Waals surface area contributed by atoms with Crippen LogP contribution in [0.4, 0.5) is 5.69 Å². The second-order valence-corrected chi connectivity index (χ2v) is 9.28. The van der Waals surface area contributed by atoms with Crippen molar-refractivity contribution < 1.29 is 13.2 Å². The van der Waals surface area contributed by atoms with E-state index in [-0.39, 0.29) is 5.91 Å². The summed E-state index contributed by atoms with van der Waals surface area (Å²) in [6, 6.07) is 18.7. The maximum absolute atomic E-state index is 12.8. The van der Waals surface area contributed by atoms with E-state index in [0.29, 0.717) is 12.2 Å². The fourth-order valence-electron chi connectivity index (χ4n) is 3.42. The van der Waals surface area contributed by atoms with Crippen molar-refractivity contribution in [2.45, 2.75) is 33.4 Å². The van der Waals surface area contributed by atoms with Crippen LogP contribution < -0.4 is 9.62 Å². The van der Waals surface area contributed by atoms with E-state index in [1.807, 2.05) is 68.4 Å². The van der Waals surface area contributed by atoms with Gasteiger partial charge in [0, 0.05) is 6.54 Å². The van der Waals surface area contributed by atoms with Crippen LogP contribution in [0.2, 0.25) is 0 Å². The summed E-state index contributed by atoms with van der Waals surface area (Å²) in [5.74, 6) is -0.343. The summed E-state index contributed by atoms with van der Waals surface area (Å²) < 4.78 is 26.2. The fraction of sp³-hybridized carbons (Fsp3) is 0.261. The summed E-state index contributed by atoms with van der Waals surface area (Å²) in [5.41, 5.74) is 3.22. The first kappa shape index (κ1) is 20.9. The Bertz CT molecular complexity index is 1160. The van der Waals surface area contributed by atoms with Crippen molar-refractivity contribution in [1.82, 2.24) is 5.32 Å². The molecule has 0 fully saturated rings. The monoisotopic (exact) mass is 410 g/mol. The largest absolute Gasteiger partial charge is 0.350 e. The summed E-state index contributed by atoms with van der Waals surface area (Å²) in [5, 5.41) is 5.11. The van der Waals surface area contributed by atoms with Gasteiger partial charge in [-0.2, -0.15) is 0 Å². The van der Waals surface area contributed by atoms with Gasteiger partial charge >= 0.3 is 0 Å². The van der Waals surface area contributed by atoms with Crippen LogP contribution in [0.15, 0.2) is 60.7 Å². The van der Waals surface area contributed by atoms with Crippen LogP contribution >= 0.6 is 0 Å². The lowest BCUT2D eigenvalue weighted by molar-refractivity contribution is -0.122. The number of carbonyl (C=O) groups excluding carboxylic acids is 1. The second-order valence-electron chi connectivity index (χ2n) is 7.42. The zero-order valence-electron chi connectivity index (χ0n) is 17.1. The molecule has 6 heteroatoms. The van der Waals surface area contributed by atoms with Gasteiger partial charge in [0.15, 0.2) is 0 Å². The highest BCUT2D eigenvalue weighted by Gasteiger charge is 2.30. The molecule has 0 saturated heterocycles. The topological polar surface area (TPSA) is 66.5 Å². The average molecular weight is 411 g/mol. The first-order chi connectivity index (χ1) is 13.7. The van der Waals surface area contributed by atoms with E-state index in [4.69, 9.17) is 0 Å². The number of sulfonamides is 1. The van der Waals surface area contributed by atoms with Gasteiger partial charge in [-0.25, -0.2) is 8.42 Å². The molecule has 0 radical (unpaired) electrons. The summed E-state index contributed by atoms with van der Waals surface area (Å²) in [7, 11) is -3.64. The number of amides is 1.